The summed E-state index contributed by atoms with van der Waals surface area (Å²) in [7, 11) is -3.52. The molecule has 3 rings (SSSR count). The van der Waals surface area contributed by atoms with E-state index in [-0.39, 0.29) is 28.0 Å². The van der Waals surface area contributed by atoms with Gasteiger partial charge in [0.05, 0.1) is 4.90 Å². The molecule has 2 aromatic rings. The predicted molar refractivity (Wildman–Crippen MR) is 95.5 cm³/mol. The summed E-state index contributed by atoms with van der Waals surface area (Å²) in [6.45, 7) is 0.626. The minimum atomic E-state index is -3.52. The van der Waals surface area contributed by atoms with Crippen molar-refractivity contribution in [3.8, 4) is 11.5 Å². The normalized spacial score (nSPS) is 16.3. The van der Waals surface area contributed by atoms with Crippen LogP contribution in [0.4, 0.5) is 0 Å². The van der Waals surface area contributed by atoms with Crippen molar-refractivity contribution in [3.05, 3.63) is 54.1 Å². The third-order valence-electron chi connectivity index (χ3n) is 4.33. The minimum Gasteiger partial charge on any atom is -0.508 e. The highest BCUT2D eigenvalue weighted by atomic mass is 32.2. The molecule has 0 unspecified atom stereocenters. The summed E-state index contributed by atoms with van der Waals surface area (Å²) in [4.78, 5) is 12.5. The summed E-state index contributed by atoms with van der Waals surface area (Å²) in [5.41, 5.74) is 0.154. The molecule has 3 N–H and O–H groups in total. The number of hydrogen-bond acceptors (Lipinski definition) is 5. The van der Waals surface area contributed by atoms with Gasteiger partial charge in [-0.3, -0.25) is 4.79 Å². The van der Waals surface area contributed by atoms with Crippen LogP contribution in [0, 0.1) is 0 Å². The lowest BCUT2D eigenvalue weighted by Crippen LogP contribution is -2.46. The fraction of sp³-hybridized carbons (Fsp3) is 0.278. The highest BCUT2D eigenvalue weighted by Crippen LogP contribution is 2.22. The molecule has 1 aliphatic heterocycles. The Kier molecular flexibility index (Phi) is 5.15. The van der Waals surface area contributed by atoms with E-state index in [0.29, 0.717) is 25.9 Å². The molecule has 7 nitrogen and oxygen atoms in total. The van der Waals surface area contributed by atoms with Crippen molar-refractivity contribution in [2.75, 3.05) is 13.1 Å². The van der Waals surface area contributed by atoms with E-state index in [0.717, 1.165) is 6.07 Å². The molecular formula is C18H20N2O5S. The van der Waals surface area contributed by atoms with Gasteiger partial charge in [0, 0.05) is 30.8 Å². The van der Waals surface area contributed by atoms with Crippen LogP contribution in [-0.2, 0) is 10.0 Å². The zero-order valence-corrected chi connectivity index (χ0v) is 14.8. The van der Waals surface area contributed by atoms with Gasteiger partial charge in [-0.05, 0) is 37.1 Å². The fourth-order valence-corrected chi connectivity index (χ4v) is 4.47. The van der Waals surface area contributed by atoms with E-state index in [4.69, 9.17) is 0 Å². The van der Waals surface area contributed by atoms with Crippen LogP contribution in [0.3, 0.4) is 0 Å². The lowest BCUT2D eigenvalue weighted by atomic mass is 10.1. The van der Waals surface area contributed by atoms with Crippen molar-refractivity contribution in [2.45, 2.75) is 23.8 Å². The van der Waals surface area contributed by atoms with Crippen LogP contribution in [0.5, 0.6) is 11.5 Å². The van der Waals surface area contributed by atoms with E-state index in [1.807, 2.05) is 0 Å². The number of nitrogens with zero attached hydrogens (tertiary/aromatic N) is 1. The van der Waals surface area contributed by atoms with Gasteiger partial charge in [-0.15, -0.1) is 0 Å². The second-order valence-corrected chi connectivity index (χ2v) is 8.14. The van der Waals surface area contributed by atoms with Gasteiger partial charge >= 0.3 is 0 Å². The van der Waals surface area contributed by atoms with E-state index in [1.165, 1.54) is 16.4 Å². The Morgan fingerprint density at radius 1 is 1.00 bits per heavy atom. The van der Waals surface area contributed by atoms with E-state index in [9.17, 15) is 23.4 Å². The SMILES string of the molecule is O=C(NC1CCN(S(=O)(=O)c2ccccc2)CC1)c1cc(O)cc(O)c1. The molecule has 26 heavy (non-hydrogen) atoms. The largest absolute Gasteiger partial charge is 0.508 e. The van der Waals surface area contributed by atoms with Crippen molar-refractivity contribution in [2.24, 2.45) is 0 Å². The Hall–Kier alpha value is -2.58. The first kappa shape index (κ1) is 18.2. The van der Waals surface area contributed by atoms with Crippen LogP contribution in [0.2, 0.25) is 0 Å². The number of benzene rings is 2. The molecule has 8 heteroatoms. The lowest BCUT2D eigenvalue weighted by Gasteiger charge is -2.31. The molecule has 138 valence electrons. The number of aromatic hydroxyl groups is 2. The van der Waals surface area contributed by atoms with Crippen LogP contribution >= 0.6 is 0 Å². The standard InChI is InChI=1S/C18H20N2O5S/c21-15-10-13(11-16(22)12-15)18(23)19-14-6-8-20(9-7-14)26(24,25)17-4-2-1-3-5-17/h1-5,10-12,14,21-22H,6-9H2,(H,19,23). The molecule has 0 radical (unpaired) electrons. The molecule has 1 saturated heterocycles. The molecule has 0 aliphatic carbocycles. The Morgan fingerprint density at radius 2 is 1.58 bits per heavy atom. The first-order valence-corrected chi connectivity index (χ1v) is 9.69. The number of carbonyl (C=O) groups excluding carboxylic acids is 1. The molecule has 0 bridgehead atoms. The molecule has 1 heterocycles. The summed E-state index contributed by atoms with van der Waals surface area (Å²) in [6.07, 6.45) is 0.977. The zero-order valence-electron chi connectivity index (χ0n) is 14.0. The third kappa shape index (κ3) is 3.97. The Morgan fingerprint density at radius 3 is 2.15 bits per heavy atom. The molecule has 0 atom stereocenters. The topological polar surface area (TPSA) is 107 Å². The minimum absolute atomic E-state index is 0.154. The number of amides is 1. The molecule has 1 fully saturated rings. The number of rotatable bonds is 4. The van der Waals surface area contributed by atoms with Crippen molar-refractivity contribution in [1.82, 2.24) is 9.62 Å². The van der Waals surface area contributed by atoms with Gasteiger partial charge in [-0.25, -0.2) is 8.42 Å². The number of phenols is 2. The van der Waals surface area contributed by atoms with Gasteiger partial charge in [0.1, 0.15) is 11.5 Å². The first-order chi connectivity index (χ1) is 12.4. The van der Waals surface area contributed by atoms with E-state index >= 15 is 0 Å². The summed E-state index contributed by atoms with van der Waals surface area (Å²) in [5.74, 6) is -0.807. The van der Waals surface area contributed by atoms with Gasteiger partial charge in [0.2, 0.25) is 10.0 Å². The quantitative estimate of drug-likeness (QED) is 0.753. The zero-order chi connectivity index (χ0) is 18.7. The molecule has 1 aliphatic rings. The van der Waals surface area contributed by atoms with Gasteiger partial charge in [-0.2, -0.15) is 4.31 Å². The first-order valence-electron chi connectivity index (χ1n) is 8.25. The Balaban J connectivity index is 1.61. The molecule has 2 aromatic carbocycles. The van der Waals surface area contributed by atoms with Crippen LogP contribution in [-0.4, -0.2) is 48.0 Å². The lowest BCUT2D eigenvalue weighted by molar-refractivity contribution is 0.0923. The average molecular weight is 376 g/mol. The van der Waals surface area contributed by atoms with E-state index in [1.54, 1.807) is 30.3 Å². The molecule has 0 aromatic heterocycles. The monoisotopic (exact) mass is 376 g/mol. The van der Waals surface area contributed by atoms with Crippen molar-refractivity contribution in [1.29, 1.82) is 0 Å². The average Bonchev–Trinajstić information content (AvgIpc) is 2.62. The van der Waals surface area contributed by atoms with Crippen LogP contribution < -0.4 is 5.32 Å². The number of sulfonamides is 1. The second-order valence-electron chi connectivity index (χ2n) is 6.20. The number of piperidine rings is 1. The van der Waals surface area contributed by atoms with Crippen molar-refractivity contribution in [3.63, 3.8) is 0 Å². The van der Waals surface area contributed by atoms with Crippen LogP contribution in [0.25, 0.3) is 0 Å². The molecule has 1 amide bonds. The highest BCUT2D eigenvalue weighted by Gasteiger charge is 2.30. The van der Waals surface area contributed by atoms with Gasteiger partial charge in [0.15, 0.2) is 0 Å². The summed E-state index contributed by atoms with van der Waals surface area (Å²) in [6, 6.07) is 11.8. The molecule has 0 saturated carbocycles. The van der Waals surface area contributed by atoms with Gasteiger partial charge < -0.3 is 15.5 Å². The van der Waals surface area contributed by atoms with Crippen molar-refractivity contribution < 1.29 is 23.4 Å². The molecular weight excluding hydrogens is 356 g/mol. The predicted octanol–water partition coefficient (Wildman–Crippen LogP) is 1.68. The fourth-order valence-electron chi connectivity index (χ4n) is 2.98. The maximum atomic E-state index is 12.6. The number of hydrogen-bond donors (Lipinski definition) is 3. The maximum Gasteiger partial charge on any atom is 0.251 e. The summed E-state index contributed by atoms with van der Waals surface area (Å²) >= 11 is 0. The molecule has 0 spiro atoms. The van der Waals surface area contributed by atoms with Crippen LogP contribution in [0.15, 0.2) is 53.4 Å². The number of carbonyl (C=O) groups is 1. The summed E-state index contributed by atoms with van der Waals surface area (Å²) < 4.78 is 26.6. The van der Waals surface area contributed by atoms with Crippen molar-refractivity contribution >= 4 is 15.9 Å². The summed E-state index contributed by atoms with van der Waals surface area (Å²) in [5, 5.41) is 21.8. The third-order valence-corrected chi connectivity index (χ3v) is 6.25. The van der Waals surface area contributed by atoms with E-state index in [2.05, 4.69) is 5.32 Å². The van der Waals surface area contributed by atoms with Crippen LogP contribution in [0.1, 0.15) is 23.2 Å². The van der Waals surface area contributed by atoms with Gasteiger partial charge in [-0.1, -0.05) is 18.2 Å². The Labute approximate surface area is 151 Å². The highest BCUT2D eigenvalue weighted by molar-refractivity contribution is 7.89. The van der Waals surface area contributed by atoms with E-state index < -0.39 is 15.9 Å². The van der Waals surface area contributed by atoms with Gasteiger partial charge in [0.25, 0.3) is 5.91 Å². The second kappa shape index (κ2) is 7.35. The Bertz CT molecular complexity index is 871. The number of nitrogens with one attached hydrogen (secondary N) is 1. The maximum absolute atomic E-state index is 12.6. The smallest absolute Gasteiger partial charge is 0.251 e. The number of phenolic OH excluding ortho intramolecular Hbond substituents is 2.